The first kappa shape index (κ1) is 20.9. The van der Waals surface area contributed by atoms with Gasteiger partial charge in [0.15, 0.2) is 0 Å². The molecular weight excluding hydrogens is 386 g/mol. The van der Waals surface area contributed by atoms with E-state index in [2.05, 4.69) is 29.6 Å². The van der Waals surface area contributed by atoms with Crippen molar-refractivity contribution in [3.8, 4) is 11.1 Å². The fraction of sp³-hybridized carbons (Fsp3) is 0.259. The SMILES string of the molecule is O=CC1CCC(c2cccc(-c3cccc(NC(=O)OCc4ccccc4)c3)c2)CC1. The van der Waals surface area contributed by atoms with Gasteiger partial charge in [-0.3, -0.25) is 5.32 Å². The standard InChI is InChI=1S/C27H27NO3/c29-18-20-12-14-22(15-13-20)23-8-4-9-24(16-23)25-10-5-11-26(17-25)28-27(30)31-19-21-6-2-1-3-7-21/h1-11,16-18,20,22H,12-15,19H2,(H,28,30). The zero-order chi connectivity index (χ0) is 21.5. The Morgan fingerprint density at radius 3 is 2.32 bits per heavy atom. The second-order valence-corrected chi connectivity index (χ2v) is 8.14. The number of nitrogens with one attached hydrogen (secondary N) is 1. The first-order valence-corrected chi connectivity index (χ1v) is 10.8. The van der Waals surface area contributed by atoms with E-state index in [-0.39, 0.29) is 12.5 Å². The van der Waals surface area contributed by atoms with E-state index in [1.54, 1.807) is 0 Å². The first-order chi connectivity index (χ1) is 15.2. The number of carbonyl (C=O) groups is 2. The number of ether oxygens (including phenoxy) is 1. The molecule has 1 aliphatic carbocycles. The number of anilines is 1. The molecule has 4 nitrogen and oxygen atoms in total. The molecule has 0 radical (unpaired) electrons. The number of hydrogen-bond donors (Lipinski definition) is 1. The number of amides is 1. The lowest BCUT2D eigenvalue weighted by atomic mass is 9.79. The fourth-order valence-corrected chi connectivity index (χ4v) is 4.21. The van der Waals surface area contributed by atoms with Crippen LogP contribution in [0.3, 0.4) is 0 Å². The monoisotopic (exact) mass is 413 g/mol. The molecule has 31 heavy (non-hydrogen) atoms. The van der Waals surface area contributed by atoms with Gasteiger partial charge in [0.1, 0.15) is 12.9 Å². The maximum atomic E-state index is 12.2. The minimum Gasteiger partial charge on any atom is -0.444 e. The summed E-state index contributed by atoms with van der Waals surface area (Å²) in [4.78, 5) is 23.2. The van der Waals surface area contributed by atoms with Gasteiger partial charge >= 0.3 is 6.09 Å². The summed E-state index contributed by atoms with van der Waals surface area (Å²) in [6.45, 7) is 0.237. The van der Waals surface area contributed by atoms with Gasteiger partial charge in [-0.25, -0.2) is 4.79 Å². The number of hydrogen-bond acceptors (Lipinski definition) is 3. The van der Waals surface area contributed by atoms with Crippen LogP contribution in [0.15, 0.2) is 78.9 Å². The van der Waals surface area contributed by atoms with Crippen molar-refractivity contribution in [2.45, 2.75) is 38.2 Å². The van der Waals surface area contributed by atoms with Crippen molar-refractivity contribution in [1.82, 2.24) is 0 Å². The van der Waals surface area contributed by atoms with Crippen LogP contribution in [-0.2, 0) is 16.1 Å². The number of benzene rings is 3. The van der Waals surface area contributed by atoms with Gasteiger partial charge in [0, 0.05) is 11.6 Å². The van der Waals surface area contributed by atoms with Crippen molar-refractivity contribution in [3.05, 3.63) is 90.0 Å². The number of carbonyl (C=O) groups excluding carboxylic acids is 2. The van der Waals surface area contributed by atoms with E-state index in [4.69, 9.17) is 4.74 Å². The Labute approximate surface area is 183 Å². The minimum absolute atomic E-state index is 0.226. The third kappa shape index (κ3) is 5.60. The lowest BCUT2D eigenvalue weighted by molar-refractivity contribution is -0.111. The Morgan fingerprint density at radius 2 is 1.58 bits per heavy atom. The van der Waals surface area contributed by atoms with E-state index in [0.29, 0.717) is 11.6 Å². The van der Waals surface area contributed by atoms with Crippen molar-refractivity contribution in [3.63, 3.8) is 0 Å². The molecule has 3 aromatic rings. The highest BCUT2D eigenvalue weighted by Crippen LogP contribution is 2.36. The quantitative estimate of drug-likeness (QED) is 0.465. The lowest BCUT2D eigenvalue weighted by Gasteiger charge is -2.26. The third-order valence-electron chi connectivity index (χ3n) is 5.98. The smallest absolute Gasteiger partial charge is 0.411 e. The molecule has 0 heterocycles. The van der Waals surface area contributed by atoms with Crippen molar-refractivity contribution < 1.29 is 14.3 Å². The molecule has 1 saturated carbocycles. The van der Waals surface area contributed by atoms with Crippen molar-refractivity contribution in [1.29, 1.82) is 0 Å². The van der Waals surface area contributed by atoms with E-state index < -0.39 is 6.09 Å². The molecule has 0 bridgehead atoms. The van der Waals surface area contributed by atoms with Gasteiger partial charge in [-0.15, -0.1) is 0 Å². The van der Waals surface area contributed by atoms with Crippen LogP contribution in [0.5, 0.6) is 0 Å². The van der Waals surface area contributed by atoms with Gasteiger partial charge in [0.25, 0.3) is 0 Å². The molecule has 0 saturated heterocycles. The molecule has 1 aliphatic rings. The molecule has 3 aromatic carbocycles. The summed E-state index contributed by atoms with van der Waals surface area (Å²) in [5.74, 6) is 0.731. The average Bonchev–Trinajstić information content (AvgIpc) is 2.84. The van der Waals surface area contributed by atoms with Crippen molar-refractivity contribution in [2.24, 2.45) is 5.92 Å². The van der Waals surface area contributed by atoms with Crippen LogP contribution in [0.25, 0.3) is 11.1 Å². The van der Waals surface area contributed by atoms with Gasteiger partial charge in [0.05, 0.1) is 0 Å². The van der Waals surface area contributed by atoms with Crippen molar-refractivity contribution >= 4 is 18.1 Å². The molecule has 1 N–H and O–H groups in total. The fourth-order valence-electron chi connectivity index (χ4n) is 4.21. The number of aldehydes is 1. The Kier molecular flexibility index (Phi) is 6.78. The Balaban J connectivity index is 1.41. The predicted molar refractivity (Wildman–Crippen MR) is 123 cm³/mol. The van der Waals surface area contributed by atoms with Gasteiger partial charge in [-0.2, -0.15) is 0 Å². The van der Waals surface area contributed by atoms with E-state index in [1.165, 1.54) is 5.56 Å². The predicted octanol–water partition coefficient (Wildman–Crippen LogP) is 6.58. The number of rotatable bonds is 6. The van der Waals surface area contributed by atoms with E-state index >= 15 is 0 Å². The highest BCUT2D eigenvalue weighted by molar-refractivity contribution is 5.86. The first-order valence-electron chi connectivity index (χ1n) is 10.8. The maximum absolute atomic E-state index is 12.2. The molecule has 0 atom stereocenters. The van der Waals surface area contributed by atoms with Crippen LogP contribution in [0.1, 0.15) is 42.7 Å². The third-order valence-corrected chi connectivity index (χ3v) is 5.98. The topological polar surface area (TPSA) is 55.4 Å². The van der Waals surface area contributed by atoms with E-state index in [9.17, 15) is 9.59 Å². The van der Waals surface area contributed by atoms with Gasteiger partial charge < -0.3 is 9.53 Å². The molecule has 1 fully saturated rings. The van der Waals surface area contributed by atoms with Gasteiger partial charge in [0.2, 0.25) is 0 Å². The van der Waals surface area contributed by atoms with Crippen LogP contribution in [0.4, 0.5) is 10.5 Å². The highest BCUT2D eigenvalue weighted by Gasteiger charge is 2.22. The highest BCUT2D eigenvalue weighted by atomic mass is 16.5. The molecule has 0 unspecified atom stereocenters. The molecule has 4 heteroatoms. The Bertz CT molecular complexity index is 1020. The molecule has 1 amide bonds. The molecule has 0 aromatic heterocycles. The van der Waals surface area contributed by atoms with Gasteiger partial charge in [-0.1, -0.05) is 66.7 Å². The second kappa shape index (κ2) is 10.1. The Hall–Kier alpha value is -3.40. The Morgan fingerprint density at radius 1 is 0.871 bits per heavy atom. The van der Waals surface area contributed by atoms with Gasteiger partial charge in [-0.05, 0) is 66.0 Å². The summed E-state index contributed by atoms with van der Waals surface area (Å²) in [6.07, 6.45) is 4.70. The lowest BCUT2D eigenvalue weighted by Crippen LogP contribution is -2.14. The van der Waals surface area contributed by atoms with Crippen LogP contribution in [0, 0.1) is 5.92 Å². The van der Waals surface area contributed by atoms with Crippen molar-refractivity contribution in [2.75, 3.05) is 5.32 Å². The molecule has 158 valence electrons. The molecular formula is C27H27NO3. The van der Waals surface area contributed by atoms with Crippen LogP contribution < -0.4 is 5.32 Å². The van der Waals surface area contributed by atoms with E-state index in [0.717, 1.165) is 48.7 Å². The minimum atomic E-state index is -0.471. The van der Waals surface area contributed by atoms with Crippen LogP contribution in [0.2, 0.25) is 0 Å². The second-order valence-electron chi connectivity index (χ2n) is 8.14. The van der Waals surface area contributed by atoms with Crippen LogP contribution in [-0.4, -0.2) is 12.4 Å². The van der Waals surface area contributed by atoms with E-state index in [1.807, 2.05) is 54.6 Å². The molecule has 0 spiro atoms. The average molecular weight is 414 g/mol. The largest absolute Gasteiger partial charge is 0.444 e. The zero-order valence-electron chi connectivity index (χ0n) is 17.5. The molecule has 0 aliphatic heterocycles. The summed E-state index contributed by atoms with van der Waals surface area (Å²) in [5, 5.41) is 2.82. The summed E-state index contributed by atoms with van der Waals surface area (Å²) in [7, 11) is 0. The normalized spacial score (nSPS) is 18.2. The summed E-state index contributed by atoms with van der Waals surface area (Å²) in [5.41, 5.74) is 5.14. The summed E-state index contributed by atoms with van der Waals surface area (Å²) >= 11 is 0. The zero-order valence-corrected chi connectivity index (χ0v) is 17.5. The summed E-state index contributed by atoms with van der Waals surface area (Å²) < 4.78 is 5.32. The van der Waals surface area contributed by atoms with Crippen LogP contribution >= 0.6 is 0 Å². The summed E-state index contributed by atoms with van der Waals surface area (Å²) in [6, 6.07) is 26.0. The molecule has 4 rings (SSSR count). The maximum Gasteiger partial charge on any atom is 0.411 e.